The van der Waals surface area contributed by atoms with Gasteiger partial charge in [-0.3, -0.25) is 4.79 Å². The Morgan fingerprint density at radius 2 is 2.29 bits per heavy atom. The minimum Gasteiger partial charge on any atom is -0.434 e. The lowest BCUT2D eigenvalue weighted by Crippen LogP contribution is -1.89. The molecular formula is C11H11NO2. The topological polar surface area (TPSA) is 43.1 Å². The van der Waals surface area contributed by atoms with E-state index in [9.17, 15) is 4.79 Å². The largest absolute Gasteiger partial charge is 0.434 e. The first-order chi connectivity index (χ1) is 6.70. The van der Waals surface area contributed by atoms with Gasteiger partial charge in [-0.2, -0.15) is 0 Å². The number of rotatable bonds is 2. The summed E-state index contributed by atoms with van der Waals surface area (Å²) < 4.78 is 5.31. The van der Waals surface area contributed by atoms with Crippen LogP contribution >= 0.6 is 0 Å². The van der Waals surface area contributed by atoms with Crippen molar-refractivity contribution in [3.63, 3.8) is 0 Å². The van der Waals surface area contributed by atoms with Crippen molar-refractivity contribution in [2.75, 3.05) is 0 Å². The molecule has 2 aromatic rings. The molecule has 3 nitrogen and oxygen atoms in total. The Morgan fingerprint density at radius 1 is 1.50 bits per heavy atom. The number of carbonyl (C=O) groups is 1. The summed E-state index contributed by atoms with van der Waals surface area (Å²) in [5.74, 6) is 0.0486. The fraction of sp³-hybridized carbons (Fsp3) is 0.273. The van der Waals surface area contributed by atoms with Crippen LogP contribution in [0.4, 0.5) is 0 Å². The second-order valence-corrected chi connectivity index (χ2v) is 3.23. The molecule has 0 bridgehead atoms. The Hall–Kier alpha value is -1.64. The molecule has 1 aromatic carbocycles. The number of oxazole rings is 1. The lowest BCUT2D eigenvalue weighted by Gasteiger charge is -1.92. The van der Waals surface area contributed by atoms with E-state index in [1.54, 1.807) is 0 Å². The zero-order valence-corrected chi connectivity index (χ0v) is 8.20. The summed E-state index contributed by atoms with van der Waals surface area (Å²) in [7, 11) is 0. The summed E-state index contributed by atoms with van der Waals surface area (Å²) in [6.07, 6.45) is 0.950. The van der Waals surface area contributed by atoms with Gasteiger partial charge in [0.1, 0.15) is 5.52 Å². The van der Waals surface area contributed by atoms with Gasteiger partial charge in [-0.15, -0.1) is 0 Å². The average Bonchev–Trinajstić information content (AvgIpc) is 2.59. The van der Waals surface area contributed by atoms with Crippen molar-refractivity contribution in [3.8, 4) is 0 Å². The van der Waals surface area contributed by atoms with E-state index in [0.29, 0.717) is 5.58 Å². The number of nitrogens with zero attached hydrogens (tertiary/aromatic N) is 1. The van der Waals surface area contributed by atoms with Gasteiger partial charge in [-0.25, -0.2) is 4.98 Å². The lowest BCUT2D eigenvalue weighted by atomic mass is 10.1. The number of ketones is 1. The van der Waals surface area contributed by atoms with Crippen LogP contribution in [0.1, 0.15) is 30.1 Å². The molecule has 2 rings (SSSR count). The Morgan fingerprint density at radius 3 is 2.93 bits per heavy atom. The maximum Gasteiger partial charge on any atom is 0.263 e. The molecule has 0 amide bonds. The number of hydrogen-bond acceptors (Lipinski definition) is 3. The van der Waals surface area contributed by atoms with Crippen molar-refractivity contribution in [1.82, 2.24) is 4.98 Å². The van der Waals surface area contributed by atoms with Crippen LogP contribution in [0.25, 0.3) is 11.1 Å². The molecule has 0 atom stereocenters. The third kappa shape index (κ3) is 1.41. The van der Waals surface area contributed by atoms with E-state index in [2.05, 4.69) is 11.9 Å². The molecule has 3 heteroatoms. The van der Waals surface area contributed by atoms with Gasteiger partial charge in [0.2, 0.25) is 5.78 Å². The maximum absolute atomic E-state index is 11.0. The fourth-order valence-electron chi connectivity index (χ4n) is 1.34. The molecule has 0 N–H and O–H groups in total. The van der Waals surface area contributed by atoms with E-state index in [1.807, 2.05) is 18.2 Å². The van der Waals surface area contributed by atoms with Gasteiger partial charge >= 0.3 is 0 Å². The minimum atomic E-state index is -0.140. The number of carbonyl (C=O) groups excluding carboxylic acids is 1. The van der Waals surface area contributed by atoms with Gasteiger partial charge in [0.25, 0.3) is 5.89 Å². The first kappa shape index (κ1) is 8.94. The first-order valence-electron chi connectivity index (χ1n) is 4.61. The molecule has 1 aromatic heterocycles. The van der Waals surface area contributed by atoms with E-state index in [0.717, 1.165) is 11.9 Å². The van der Waals surface area contributed by atoms with E-state index >= 15 is 0 Å². The predicted octanol–water partition coefficient (Wildman–Crippen LogP) is 2.59. The Bertz CT molecular complexity index is 485. The molecule has 72 valence electrons. The molecular weight excluding hydrogens is 178 g/mol. The summed E-state index contributed by atoms with van der Waals surface area (Å²) in [5, 5.41) is 0. The Labute approximate surface area is 81.7 Å². The lowest BCUT2D eigenvalue weighted by molar-refractivity contribution is 0.0983. The van der Waals surface area contributed by atoms with Crippen molar-refractivity contribution < 1.29 is 9.21 Å². The van der Waals surface area contributed by atoms with Crippen LogP contribution in [0.3, 0.4) is 0 Å². The standard InChI is InChI=1S/C11H11NO2/c1-3-8-4-5-9-10(6-8)14-11(12-9)7(2)13/h4-6H,3H2,1-2H3. The highest BCUT2D eigenvalue weighted by molar-refractivity contribution is 5.92. The third-order valence-corrected chi connectivity index (χ3v) is 2.16. The minimum absolute atomic E-state index is 0.140. The van der Waals surface area contributed by atoms with Crippen molar-refractivity contribution in [1.29, 1.82) is 0 Å². The molecule has 0 spiro atoms. The molecule has 0 aliphatic heterocycles. The number of benzene rings is 1. The van der Waals surface area contributed by atoms with E-state index < -0.39 is 0 Å². The van der Waals surface area contributed by atoms with Gasteiger partial charge in [0.05, 0.1) is 0 Å². The number of hydrogen-bond donors (Lipinski definition) is 0. The van der Waals surface area contributed by atoms with Gasteiger partial charge in [-0.05, 0) is 24.1 Å². The molecule has 0 saturated heterocycles. The van der Waals surface area contributed by atoms with E-state index in [4.69, 9.17) is 4.42 Å². The van der Waals surface area contributed by atoms with Crippen LogP contribution < -0.4 is 0 Å². The number of Topliss-reactive ketones (excluding diaryl/α,β-unsaturated/α-hetero) is 1. The molecule has 0 unspecified atom stereocenters. The zero-order chi connectivity index (χ0) is 10.1. The number of aryl methyl sites for hydroxylation is 1. The number of fused-ring (bicyclic) bond motifs is 1. The quantitative estimate of drug-likeness (QED) is 0.682. The number of aromatic nitrogens is 1. The maximum atomic E-state index is 11.0. The SMILES string of the molecule is CCc1ccc2nc(C(C)=O)oc2c1. The molecule has 0 saturated carbocycles. The normalized spacial score (nSPS) is 10.7. The molecule has 0 radical (unpaired) electrons. The Kier molecular flexibility index (Phi) is 2.08. The second kappa shape index (κ2) is 3.25. The molecule has 0 fully saturated rings. The van der Waals surface area contributed by atoms with E-state index in [1.165, 1.54) is 12.5 Å². The van der Waals surface area contributed by atoms with Crippen LogP contribution in [-0.4, -0.2) is 10.8 Å². The summed E-state index contributed by atoms with van der Waals surface area (Å²) in [6.45, 7) is 3.52. The monoisotopic (exact) mass is 189 g/mol. The average molecular weight is 189 g/mol. The van der Waals surface area contributed by atoms with Crippen molar-refractivity contribution in [3.05, 3.63) is 29.7 Å². The van der Waals surface area contributed by atoms with Gasteiger partial charge in [0.15, 0.2) is 5.58 Å². The zero-order valence-electron chi connectivity index (χ0n) is 8.20. The Balaban J connectivity index is 2.60. The van der Waals surface area contributed by atoms with Crippen LogP contribution in [0, 0.1) is 0 Å². The summed E-state index contributed by atoms with van der Waals surface area (Å²) in [6, 6.07) is 5.80. The summed E-state index contributed by atoms with van der Waals surface area (Å²) in [5.41, 5.74) is 2.62. The van der Waals surface area contributed by atoms with Gasteiger partial charge in [0, 0.05) is 6.92 Å². The van der Waals surface area contributed by atoms with Crippen LogP contribution in [0.15, 0.2) is 22.6 Å². The fourth-order valence-corrected chi connectivity index (χ4v) is 1.34. The molecule has 0 aliphatic carbocycles. The van der Waals surface area contributed by atoms with Crippen molar-refractivity contribution in [2.24, 2.45) is 0 Å². The van der Waals surface area contributed by atoms with Crippen LogP contribution in [0.5, 0.6) is 0 Å². The summed E-state index contributed by atoms with van der Waals surface area (Å²) >= 11 is 0. The van der Waals surface area contributed by atoms with Crippen molar-refractivity contribution in [2.45, 2.75) is 20.3 Å². The van der Waals surface area contributed by atoms with Crippen LogP contribution in [-0.2, 0) is 6.42 Å². The highest BCUT2D eigenvalue weighted by atomic mass is 16.4. The first-order valence-corrected chi connectivity index (χ1v) is 4.61. The smallest absolute Gasteiger partial charge is 0.263 e. The molecule has 0 aliphatic rings. The van der Waals surface area contributed by atoms with Crippen molar-refractivity contribution >= 4 is 16.9 Å². The van der Waals surface area contributed by atoms with E-state index in [-0.39, 0.29) is 11.7 Å². The second-order valence-electron chi connectivity index (χ2n) is 3.23. The highest BCUT2D eigenvalue weighted by Gasteiger charge is 2.09. The molecule has 14 heavy (non-hydrogen) atoms. The van der Waals surface area contributed by atoms with Gasteiger partial charge < -0.3 is 4.42 Å². The van der Waals surface area contributed by atoms with Gasteiger partial charge in [-0.1, -0.05) is 13.0 Å². The summed E-state index contributed by atoms with van der Waals surface area (Å²) in [4.78, 5) is 15.1. The third-order valence-electron chi connectivity index (χ3n) is 2.16. The molecule has 1 heterocycles. The highest BCUT2D eigenvalue weighted by Crippen LogP contribution is 2.17. The predicted molar refractivity (Wildman–Crippen MR) is 53.4 cm³/mol. The van der Waals surface area contributed by atoms with Crippen LogP contribution in [0.2, 0.25) is 0 Å².